The zero-order valence-corrected chi connectivity index (χ0v) is 19.8. The molecule has 0 aliphatic rings. The number of aryl methyl sites for hydroxylation is 2. The minimum absolute atomic E-state index is 0.230. The van der Waals surface area contributed by atoms with E-state index in [9.17, 15) is 0 Å². The van der Waals surface area contributed by atoms with Gasteiger partial charge in [0.1, 0.15) is 11.5 Å². The average molecular weight is 399 g/mol. The molecule has 0 N–H and O–H groups in total. The van der Waals surface area contributed by atoms with Gasteiger partial charge in [0.15, 0.2) is 8.32 Å². The molecule has 2 nitrogen and oxygen atoms in total. The minimum atomic E-state index is -1.73. The number of unbranched alkanes of at least 4 members (excludes halogenated alkanes) is 4. The van der Waals surface area contributed by atoms with E-state index in [-0.39, 0.29) is 5.04 Å². The zero-order chi connectivity index (χ0) is 19.8. The number of hydrogen-bond acceptors (Lipinski definition) is 2. The molecule has 1 rings (SSSR count). The maximum Gasteiger partial charge on any atom is 0.192 e. The molecule has 0 saturated carbocycles. The van der Waals surface area contributed by atoms with E-state index in [1.54, 1.807) is 0 Å². The topological polar surface area (TPSA) is 22.4 Å². The molecule has 0 bridgehead atoms. The molecule has 0 atom stereocenters. The van der Waals surface area contributed by atoms with Crippen molar-refractivity contribution in [2.75, 3.05) is 5.88 Å². The molecule has 0 radical (unpaired) electrons. The van der Waals surface area contributed by atoms with Gasteiger partial charge in [-0.2, -0.15) is 0 Å². The fraction of sp³-hybridized carbons (Fsp3) is 0.727. The summed E-state index contributed by atoms with van der Waals surface area (Å²) in [4.78, 5) is 0. The van der Waals surface area contributed by atoms with E-state index in [2.05, 4.69) is 59.9 Å². The van der Waals surface area contributed by atoms with Crippen molar-refractivity contribution in [3.8, 4) is 0 Å². The number of rotatable bonds is 11. The molecule has 1 heterocycles. The Hall–Kier alpha value is -0.513. The van der Waals surface area contributed by atoms with E-state index in [1.165, 1.54) is 36.8 Å². The predicted octanol–water partition coefficient (Wildman–Crippen LogP) is 7.79. The SMILES string of the molecule is C/C(=C\CCCCCCc1cc(C)c(CO[Si](C)(C)C(C)(C)C)o1)CCl. The molecular weight excluding hydrogens is 360 g/mol. The van der Waals surface area contributed by atoms with Gasteiger partial charge in [0.05, 0.1) is 6.61 Å². The van der Waals surface area contributed by atoms with Gasteiger partial charge in [-0.05, 0) is 62.9 Å². The summed E-state index contributed by atoms with van der Waals surface area (Å²) in [5, 5.41) is 0.230. The van der Waals surface area contributed by atoms with Crippen LogP contribution >= 0.6 is 11.6 Å². The molecule has 0 aliphatic heterocycles. The van der Waals surface area contributed by atoms with Crippen LogP contribution in [0.25, 0.3) is 0 Å². The smallest absolute Gasteiger partial charge is 0.192 e. The first kappa shape index (κ1) is 23.5. The lowest BCUT2D eigenvalue weighted by Crippen LogP contribution is -2.40. The second-order valence-electron chi connectivity index (χ2n) is 9.00. The molecule has 4 heteroatoms. The van der Waals surface area contributed by atoms with Gasteiger partial charge < -0.3 is 8.84 Å². The third-order valence-electron chi connectivity index (χ3n) is 5.52. The molecule has 0 saturated heterocycles. The van der Waals surface area contributed by atoms with Gasteiger partial charge in [0, 0.05) is 12.3 Å². The second-order valence-corrected chi connectivity index (χ2v) is 14.1. The third-order valence-corrected chi connectivity index (χ3v) is 10.4. The van der Waals surface area contributed by atoms with Crippen molar-refractivity contribution in [1.82, 2.24) is 0 Å². The minimum Gasteiger partial charge on any atom is -0.463 e. The lowest BCUT2D eigenvalue weighted by atomic mass is 10.1. The van der Waals surface area contributed by atoms with E-state index in [0.29, 0.717) is 12.5 Å². The van der Waals surface area contributed by atoms with E-state index < -0.39 is 8.32 Å². The quantitative estimate of drug-likeness (QED) is 0.164. The summed E-state index contributed by atoms with van der Waals surface area (Å²) in [7, 11) is -1.73. The Bertz CT molecular complexity index is 567. The second kappa shape index (κ2) is 10.7. The van der Waals surface area contributed by atoms with Crippen LogP contribution in [0.5, 0.6) is 0 Å². The first-order chi connectivity index (χ1) is 12.1. The van der Waals surface area contributed by atoms with Crippen molar-refractivity contribution in [2.24, 2.45) is 0 Å². The summed E-state index contributed by atoms with van der Waals surface area (Å²) >= 11 is 5.78. The summed E-state index contributed by atoms with van der Waals surface area (Å²) in [5.41, 5.74) is 2.51. The third kappa shape index (κ3) is 8.02. The molecule has 26 heavy (non-hydrogen) atoms. The molecule has 1 aromatic heterocycles. The Morgan fingerprint density at radius 2 is 1.85 bits per heavy atom. The summed E-state index contributed by atoms with van der Waals surface area (Å²) in [6.45, 7) is 16.2. The van der Waals surface area contributed by atoms with Crippen molar-refractivity contribution in [3.63, 3.8) is 0 Å². The van der Waals surface area contributed by atoms with E-state index in [4.69, 9.17) is 20.4 Å². The Morgan fingerprint density at radius 1 is 1.19 bits per heavy atom. The van der Waals surface area contributed by atoms with Crippen LogP contribution < -0.4 is 0 Å². The molecule has 0 fully saturated rings. The van der Waals surface area contributed by atoms with Gasteiger partial charge in [0.25, 0.3) is 0 Å². The van der Waals surface area contributed by atoms with Crippen LogP contribution in [0.15, 0.2) is 22.1 Å². The molecule has 0 aromatic carbocycles. The Kier molecular flexibility index (Phi) is 9.71. The van der Waals surface area contributed by atoms with Crippen LogP contribution in [-0.2, 0) is 17.5 Å². The summed E-state index contributed by atoms with van der Waals surface area (Å²) < 4.78 is 12.4. The highest BCUT2D eigenvalue weighted by Crippen LogP contribution is 2.37. The number of halogens is 1. The lowest BCUT2D eigenvalue weighted by molar-refractivity contribution is 0.241. The van der Waals surface area contributed by atoms with Crippen molar-refractivity contribution in [1.29, 1.82) is 0 Å². The highest BCUT2D eigenvalue weighted by Gasteiger charge is 2.37. The van der Waals surface area contributed by atoms with E-state index in [1.807, 2.05) is 0 Å². The molecule has 0 unspecified atom stereocenters. The molecular formula is C22H39ClO2Si. The molecule has 1 aromatic rings. The Morgan fingerprint density at radius 3 is 2.46 bits per heavy atom. The molecule has 0 aliphatic carbocycles. The van der Waals surface area contributed by atoms with Gasteiger partial charge in [-0.3, -0.25) is 0 Å². The fourth-order valence-corrected chi connectivity index (χ4v) is 3.55. The maximum absolute atomic E-state index is 6.30. The van der Waals surface area contributed by atoms with Crippen molar-refractivity contribution in [3.05, 3.63) is 34.8 Å². The Labute approximate surface area is 167 Å². The zero-order valence-electron chi connectivity index (χ0n) is 18.0. The van der Waals surface area contributed by atoms with Crippen LogP contribution in [0.2, 0.25) is 18.1 Å². The number of hydrogen-bond donors (Lipinski definition) is 0. The van der Waals surface area contributed by atoms with Gasteiger partial charge in [-0.1, -0.05) is 45.3 Å². The van der Waals surface area contributed by atoms with Gasteiger partial charge in [-0.25, -0.2) is 0 Å². The summed E-state index contributed by atoms with van der Waals surface area (Å²) in [6, 6.07) is 2.19. The molecule has 0 spiro atoms. The maximum atomic E-state index is 6.30. The van der Waals surface area contributed by atoms with Crippen LogP contribution in [0.3, 0.4) is 0 Å². The number of furan rings is 1. The van der Waals surface area contributed by atoms with Gasteiger partial charge in [0.2, 0.25) is 0 Å². The van der Waals surface area contributed by atoms with Crippen molar-refractivity contribution < 1.29 is 8.84 Å². The largest absolute Gasteiger partial charge is 0.463 e. The average Bonchev–Trinajstić information content (AvgIpc) is 2.90. The molecule has 150 valence electrons. The van der Waals surface area contributed by atoms with Crippen LogP contribution in [0.4, 0.5) is 0 Å². The normalized spacial score (nSPS) is 13.5. The van der Waals surface area contributed by atoms with Crippen LogP contribution in [-0.4, -0.2) is 14.2 Å². The first-order valence-corrected chi connectivity index (χ1v) is 13.4. The molecule has 0 amide bonds. The van der Waals surface area contributed by atoms with E-state index in [0.717, 1.165) is 24.4 Å². The number of allylic oxidation sites excluding steroid dienone is 2. The first-order valence-electron chi connectivity index (χ1n) is 10.0. The summed E-state index contributed by atoms with van der Waals surface area (Å²) in [5.74, 6) is 2.76. The standard InChI is InChI=1S/C22H39ClO2Si/c1-18(16-23)13-11-9-8-10-12-14-20-15-19(2)21(25-20)17-24-26(6,7)22(3,4)5/h13,15H,8-12,14,16-17H2,1-7H3/b18-13+. The van der Waals surface area contributed by atoms with Crippen molar-refractivity contribution >= 4 is 19.9 Å². The highest BCUT2D eigenvalue weighted by atomic mass is 35.5. The van der Waals surface area contributed by atoms with Crippen LogP contribution in [0, 0.1) is 6.92 Å². The lowest BCUT2D eigenvalue weighted by Gasteiger charge is -2.35. The Balaban J connectivity index is 2.35. The van der Waals surface area contributed by atoms with E-state index >= 15 is 0 Å². The van der Waals surface area contributed by atoms with Crippen molar-refractivity contribution in [2.45, 2.75) is 97.9 Å². The predicted molar refractivity (Wildman–Crippen MR) is 117 cm³/mol. The number of alkyl halides is 1. The highest BCUT2D eigenvalue weighted by molar-refractivity contribution is 6.74. The monoisotopic (exact) mass is 398 g/mol. The summed E-state index contributed by atoms with van der Waals surface area (Å²) in [6.07, 6.45) is 9.39. The van der Waals surface area contributed by atoms with Crippen LogP contribution in [0.1, 0.15) is 76.9 Å². The fourth-order valence-electron chi connectivity index (χ4n) is 2.52. The van der Waals surface area contributed by atoms with Gasteiger partial charge in [-0.15, -0.1) is 11.6 Å². The van der Waals surface area contributed by atoms with Gasteiger partial charge >= 0.3 is 0 Å².